The van der Waals surface area contributed by atoms with Crippen LogP contribution in [-0.4, -0.2) is 65.0 Å². The van der Waals surface area contributed by atoms with Crippen LogP contribution in [0.3, 0.4) is 0 Å². The van der Waals surface area contributed by atoms with Crippen molar-refractivity contribution >= 4 is 48.9 Å². The third-order valence-corrected chi connectivity index (χ3v) is 4.34. The summed E-state index contributed by atoms with van der Waals surface area (Å²) < 4.78 is 0. The summed E-state index contributed by atoms with van der Waals surface area (Å²) in [5, 5.41) is 16.2. The minimum atomic E-state index is -1.24. The van der Waals surface area contributed by atoms with E-state index in [-0.39, 0.29) is 24.0 Å². The number of amides is 3. The van der Waals surface area contributed by atoms with Crippen molar-refractivity contribution in [2.75, 3.05) is 18.1 Å². The second kappa shape index (κ2) is 12.0. The molecule has 144 valence electrons. The number of thiol groups is 2. The van der Waals surface area contributed by atoms with Gasteiger partial charge >= 0.3 is 5.97 Å². The zero-order valence-electron chi connectivity index (χ0n) is 14.2. The van der Waals surface area contributed by atoms with Gasteiger partial charge in [0.1, 0.15) is 18.1 Å². The second-order valence-corrected chi connectivity index (χ2v) is 6.19. The van der Waals surface area contributed by atoms with Crippen LogP contribution in [0.4, 0.5) is 0 Å². The molecule has 9 nitrogen and oxygen atoms in total. The average molecular weight is 395 g/mol. The molecule has 0 radical (unpaired) electrons. The molecule has 3 amide bonds. The van der Waals surface area contributed by atoms with Crippen LogP contribution in [0.1, 0.15) is 20.3 Å². The van der Waals surface area contributed by atoms with E-state index in [4.69, 9.17) is 10.8 Å². The predicted octanol–water partition coefficient (Wildman–Crippen LogP) is -1.61. The first-order valence-electron chi connectivity index (χ1n) is 7.76. The Labute approximate surface area is 157 Å². The number of carbonyl (C=O) groups excluding carboxylic acids is 3. The van der Waals surface area contributed by atoms with Crippen LogP contribution >= 0.6 is 25.3 Å². The molecule has 0 aromatic rings. The molecule has 6 N–H and O–H groups in total. The summed E-state index contributed by atoms with van der Waals surface area (Å²) in [6, 6.07) is -3.10. The quantitative estimate of drug-likeness (QED) is 0.210. The van der Waals surface area contributed by atoms with Gasteiger partial charge in [0, 0.05) is 11.5 Å². The first kappa shape index (κ1) is 23.5. The number of hydrogen-bond acceptors (Lipinski definition) is 7. The van der Waals surface area contributed by atoms with Gasteiger partial charge in [0.15, 0.2) is 0 Å². The van der Waals surface area contributed by atoms with Gasteiger partial charge in [0.05, 0.1) is 6.54 Å². The van der Waals surface area contributed by atoms with Crippen molar-refractivity contribution in [1.82, 2.24) is 16.0 Å². The molecule has 0 aliphatic carbocycles. The van der Waals surface area contributed by atoms with Crippen LogP contribution in [-0.2, 0) is 19.2 Å². The molecule has 0 fully saturated rings. The Morgan fingerprint density at radius 1 is 1.00 bits per heavy atom. The molecule has 0 bridgehead atoms. The van der Waals surface area contributed by atoms with E-state index in [0.717, 1.165) is 0 Å². The van der Waals surface area contributed by atoms with Gasteiger partial charge in [-0.25, -0.2) is 4.79 Å². The Morgan fingerprint density at radius 2 is 1.52 bits per heavy atom. The number of carbonyl (C=O) groups is 4. The Bertz CT molecular complexity index is 492. The molecular formula is C14H26N4O5S2. The Hall–Kier alpha value is -1.46. The molecule has 4 unspecified atom stereocenters. The number of nitrogens with two attached hydrogens (primary N) is 1. The first-order valence-corrected chi connectivity index (χ1v) is 9.02. The lowest BCUT2D eigenvalue weighted by Gasteiger charge is -2.26. The standard InChI is InChI=1S/C14H26N4O5S2/c1-3-7(2)11(18-10(19)4-15)13(21)16-8(5-24)12(20)17-9(6-25)14(22)23/h7-9,11,24-25H,3-6,15H2,1-2H3,(H,16,21)(H,17,20)(H,18,19)(H,22,23). The van der Waals surface area contributed by atoms with E-state index in [1.54, 1.807) is 6.92 Å². The first-order chi connectivity index (χ1) is 11.7. The predicted molar refractivity (Wildman–Crippen MR) is 99.6 cm³/mol. The van der Waals surface area contributed by atoms with E-state index >= 15 is 0 Å². The number of aliphatic carboxylic acids is 1. The highest BCUT2D eigenvalue weighted by Gasteiger charge is 2.30. The molecule has 4 atom stereocenters. The number of carboxylic acid groups (broad SMARTS) is 1. The van der Waals surface area contributed by atoms with Crippen molar-refractivity contribution in [3.05, 3.63) is 0 Å². The molecule has 0 aliphatic rings. The van der Waals surface area contributed by atoms with Gasteiger partial charge in [-0.1, -0.05) is 20.3 Å². The number of hydrogen-bond donors (Lipinski definition) is 7. The Kier molecular flexibility index (Phi) is 11.3. The van der Waals surface area contributed by atoms with Crippen molar-refractivity contribution in [2.24, 2.45) is 11.7 Å². The van der Waals surface area contributed by atoms with E-state index in [1.807, 2.05) is 6.92 Å². The summed E-state index contributed by atoms with van der Waals surface area (Å²) in [5.74, 6) is -3.33. The maximum Gasteiger partial charge on any atom is 0.327 e. The largest absolute Gasteiger partial charge is 0.480 e. The van der Waals surface area contributed by atoms with Gasteiger partial charge in [-0.05, 0) is 5.92 Å². The molecule has 0 heterocycles. The maximum atomic E-state index is 12.4. The Morgan fingerprint density at radius 3 is 1.92 bits per heavy atom. The zero-order chi connectivity index (χ0) is 19.6. The highest BCUT2D eigenvalue weighted by Crippen LogP contribution is 2.08. The summed E-state index contributed by atoms with van der Waals surface area (Å²) in [6.45, 7) is 3.36. The lowest BCUT2D eigenvalue weighted by molar-refractivity contribution is -0.141. The van der Waals surface area contributed by atoms with Crippen LogP contribution in [0.5, 0.6) is 0 Å². The van der Waals surface area contributed by atoms with Crippen molar-refractivity contribution in [2.45, 2.75) is 38.4 Å². The minimum absolute atomic E-state index is 0.0471. The van der Waals surface area contributed by atoms with E-state index in [0.29, 0.717) is 6.42 Å². The minimum Gasteiger partial charge on any atom is -0.480 e. The monoisotopic (exact) mass is 394 g/mol. The summed E-state index contributed by atoms with van der Waals surface area (Å²) in [6.07, 6.45) is 0.613. The highest BCUT2D eigenvalue weighted by atomic mass is 32.1. The van der Waals surface area contributed by atoms with Crippen molar-refractivity contribution < 1.29 is 24.3 Å². The number of carboxylic acids is 1. The average Bonchev–Trinajstić information content (AvgIpc) is 2.60. The SMILES string of the molecule is CCC(C)C(NC(=O)CN)C(=O)NC(CS)C(=O)NC(CS)C(=O)O. The van der Waals surface area contributed by atoms with Crippen LogP contribution in [0.2, 0.25) is 0 Å². The van der Waals surface area contributed by atoms with E-state index in [2.05, 4.69) is 41.2 Å². The third-order valence-electron chi connectivity index (χ3n) is 3.61. The fourth-order valence-electron chi connectivity index (χ4n) is 1.85. The number of nitrogens with one attached hydrogen (secondary N) is 3. The molecule has 0 saturated heterocycles. The molecule has 0 saturated carbocycles. The normalized spacial score (nSPS) is 15.4. The molecule has 11 heteroatoms. The second-order valence-electron chi connectivity index (χ2n) is 5.46. The molecule has 0 rings (SSSR count). The fourth-order valence-corrected chi connectivity index (χ4v) is 2.35. The van der Waals surface area contributed by atoms with Gasteiger partial charge in [0.25, 0.3) is 0 Å². The summed E-state index contributed by atoms with van der Waals surface area (Å²) in [5.41, 5.74) is 5.25. The molecule has 0 spiro atoms. The van der Waals surface area contributed by atoms with Crippen LogP contribution in [0.25, 0.3) is 0 Å². The zero-order valence-corrected chi connectivity index (χ0v) is 16.0. The van der Waals surface area contributed by atoms with Gasteiger partial charge in [-0.15, -0.1) is 0 Å². The molecular weight excluding hydrogens is 368 g/mol. The topological polar surface area (TPSA) is 151 Å². The van der Waals surface area contributed by atoms with E-state index < -0.39 is 41.8 Å². The summed E-state index contributed by atoms with van der Waals surface area (Å²) in [4.78, 5) is 47.1. The van der Waals surface area contributed by atoms with Gasteiger partial charge in [-0.3, -0.25) is 14.4 Å². The highest BCUT2D eigenvalue weighted by molar-refractivity contribution is 7.80. The van der Waals surface area contributed by atoms with Gasteiger partial charge in [-0.2, -0.15) is 25.3 Å². The Balaban J connectivity index is 5.05. The molecule has 0 aliphatic heterocycles. The van der Waals surface area contributed by atoms with Gasteiger partial charge < -0.3 is 26.8 Å². The van der Waals surface area contributed by atoms with Gasteiger partial charge in [0.2, 0.25) is 17.7 Å². The number of rotatable bonds is 11. The van der Waals surface area contributed by atoms with Crippen molar-refractivity contribution in [3.8, 4) is 0 Å². The smallest absolute Gasteiger partial charge is 0.327 e. The third kappa shape index (κ3) is 7.97. The lowest BCUT2D eigenvalue weighted by Crippen LogP contribution is -2.58. The van der Waals surface area contributed by atoms with Crippen LogP contribution in [0.15, 0.2) is 0 Å². The van der Waals surface area contributed by atoms with Crippen LogP contribution < -0.4 is 21.7 Å². The summed E-state index contributed by atoms with van der Waals surface area (Å²) >= 11 is 7.87. The maximum absolute atomic E-state index is 12.4. The van der Waals surface area contributed by atoms with Crippen molar-refractivity contribution in [1.29, 1.82) is 0 Å². The lowest BCUT2D eigenvalue weighted by atomic mass is 9.98. The molecule has 25 heavy (non-hydrogen) atoms. The fraction of sp³-hybridized carbons (Fsp3) is 0.714. The molecule has 0 aromatic carbocycles. The van der Waals surface area contributed by atoms with Crippen LogP contribution in [0, 0.1) is 5.92 Å². The van der Waals surface area contributed by atoms with E-state index in [1.165, 1.54) is 0 Å². The van der Waals surface area contributed by atoms with Crippen molar-refractivity contribution in [3.63, 3.8) is 0 Å². The van der Waals surface area contributed by atoms with E-state index in [9.17, 15) is 19.2 Å². The summed E-state index contributed by atoms with van der Waals surface area (Å²) in [7, 11) is 0. The molecule has 0 aromatic heterocycles.